The molecule has 0 saturated carbocycles. The van der Waals surface area contributed by atoms with Crippen LogP contribution in [0.3, 0.4) is 0 Å². The van der Waals surface area contributed by atoms with E-state index in [0.29, 0.717) is 0 Å². The summed E-state index contributed by atoms with van der Waals surface area (Å²) in [4.78, 5) is 24.3. The monoisotopic (exact) mass is 465 g/mol. The van der Waals surface area contributed by atoms with Crippen molar-refractivity contribution in [2.24, 2.45) is 0 Å². The molecule has 0 aliphatic carbocycles. The fourth-order valence-corrected chi connectivity index (χ4v) is 3.91. The van der Waals surface area contributed by atoms with E-state index in [2.05, 4.69) is 21.2 Å². The SMILES string of the molecule is O=C(NC(Cc1ccc(Br)c2ccccc12)C(=O)O)c1c(Cl)cccc1Cl. The molecule has 0 spiro atoms. The van der Waals surface area contributed by atoms with Crippen molar-refractivity contribution >= 4 is 61.8 Å². The number of carbonyl (C=O) groups is 2. The number of carboxylic acid groups (broad SMARTS) is 1. The number of rotatable bonds is 5. The Morgan fingerprint density at radius 2 is 1.59 bits per heavy atom. The Kier molecular flexibility index (Phi) is 6.05. The van der Waals surface area contributed by atoms with Gasteiger partial charge in [0.1, 0.15) is 6.04 Å². The number of hydrogen-bond donors (Lipinski definition) is 2. The zero-order valence-corrected chi connectivity index (χ0v) is 17.0. The van der Waals surface area contributed by atoms with Crippen LogP contribution in [0.5, 0.6) is 0 Å². The van der Waals surface area contributed by atoms with Crippen LogP contribution >= 0.6 is 39.1 Å². The van der Waals surface area contributed by atoms with E-state index in [-0.39, 0.29) is 22.0 Å². The molecule has 2 N–H and O–H groups in total. The molecule has 0 heterocycles. The molecule has 1 amide bonds. The van der Waals surface area contributed by atoms with Crippen molar-refractivity contribution < 1.29 is 14.7 Å². The van der Waals surface area contributed by atoms with Crippen LogP contribution in [-0.2, 0) is 11.2 Å². The van der Waals surface area contributed by atoms with Crippen LogP contribution in [0.25, 0.3) is 10.8 Å². The van der Waals surface area contributed by atoms with Gasteiger partial charge in [0.15, 0.2) is 0 Å². The van der Waals surface area contributed by atoms with Crippen LogP contribution in [0.2, 0.25) is 10.0 Å². The topological polar surface area (TPSA) is 66.4 Å². The highest BCUT2D eigenvalue weighted by Crippen LogP contribution is 2.28. The lowest BCUT2D eigenvalue weighted by molar-refractivity contribution is -0.139. The number of fused-ring (bicyclic) bond motifs is 1. The molecule has 3 aromatic rings. The molecular weight excluding hydrogens is 453 g/mol. The van der Waals surface area contributed by atoms with E-state index in [1.165, 1.54) is 12.1 Å². The molecule has 0 aliphatic rings. The van der Waals surface area contributed by atoms with Crippen molar-refractivity contribution in [3.05, 3.63) is 80.2 Å². The molecule has 27 heavy (non-hydrogen) atoms. The molecule has 3 rings (SSSR count). The van der Waals surface area contributed by atoms with Gasteiger partial charge >= 0.3 is 5.97 Å². The third kappa shape index (κ3) is 4.26. The van der Waals surface area contributed by atoms with Crippen molar-refractivity contribution in [2.45, 2.75) is 12.5 Å². The number of hydrogen-bond acceptors (Lipinski definition) is 2. The number of amides is 1. The van der Waals surface area contributed by atoms with E-state index in [4.69, 9.17) is 23.2 Å². The maximum absolute atomic E-state index is 12.6. The largest absolute Gasteiger partial charge is 0.480 e. The first-order valence-corrected chi connectivity index (χ1v) is 9.57. The molecule has 3 aromatic carbocycles. The third-order valence-electron chi connectivity index (χ3n) is 4.18. The van der Waals surface area contributed by atoms with Crippen LogP contribution in [0.4, 0.5) is 0 Å². The average Bonchev–Trinajstić information content (AvgIpc) is 2.63. The van der Waals surface area contributed by atoms with E-state index in [9.17, 15) is 14.7 Å². The molecule has 0 aliphatic heterocycles. The third-order valence-corrected chi connectivity index (χ3v) is 5.50. The second-order valence-corrected chi connectivity index (χ2v) is 7.59. The van der Waals surface area contributed by atoms with Gasteiger partial charge in [-0.15, -0.1) is 0 Å². The van der Waals surface area contributed by atoms with Gasteiger partial charge in [0, 0.05) is 10.9 Å². The predicted octanol–water partition coefficient (Wildman–Crippen LogP) is 5.33. The molecule has 0 radical (unpaired) electrons. The Labute approximate surface area is 174 Å². The second kappa shape index (κ2) is 8.30. The van der Waals surface area contributed by atoms with E-state index < -0.39 is 17.9 Å². The zero-order valence-electron chi connectivity index (χ0n) is 13.9. The Hall–Kier alpha value is -2.08. The van der Waals surface area contributed by atoms with Gasteiger partial charge in [-0.2, -0.15) is 0 Å². The lowest BCUT2D eigenvalue weighted by Gasteiger charge is -2.17. The first-order chi connectivity index (χ1) is 12.9. The fraction of sp³-hybridized carbons (Fsp3) is 0.100. The Balaban J connectivity index is 1.91. The Morgan fingerprint density at radius 3 is 2.22 bits per heavy atom. The highest BCUT2D eigenvalue weighted by Gasteiger charge is 2.24. The minimum Gasteiger partial charge on any atom is -0.480 e. The Bertz CT molecular complexity index is 1020. The number of carbonyl (C=O) groups excluding carboxylic acids is 1. The van der Waals surface area contributed by atoms with Crippen molar-refractivity contribution in [2.75, 3.05) is 0 Å². The van der Waals surface area contributed by atoms with Crippen LogP contribution in [0, 0.1) is 0 Å². The van der Waals surface area contributed by atoms with Crippen LogP contribution < -0.4 is 5.32 Å². The summed E-state index contributed by atoms with van der Waals surface area (Å²) in [5, 5.41) is 14.4. The van der Waals surface area contributed by atoms with Crippen LogP contribution in [-0.4, -0.2) is 23.0 Å². The van der Waals surface area contributed by atoms with E-state index >= 15 is 0 Å². The molecule has 4 nitrogen and oxygen atoms in total. The molecule has 1 atom stereocenters. The van der Waals surface area contributed by atoms with Gasteiger partial charge in [0.2, 0.25) is 0 Å². The molecule has 138 valence electrons. The van der Waals surface area contributed by atoms with Gasteiger partial charge in [-0.3, -0.25) is 4.79 Å². The van der Waals surface area contributed by atoms with Crippen molar-refractivity contribution in [1.82, 2.24) is 5.32 Å². The first-order valence-electron chi connectivity index (χ1n) is 8.02. The maximum atomic E-state index is 12.6. The summed E-state index contributed by atoms with van der Waals surface area (Å²) in [6.45, 7) is 0. The Morgan fingerprint density at radius 1 is 0.963 bits per heavy atom. The summed E-state index contributed by atoms with van der Waals surface area (Å²) < 4.78 is 0.917. The van der Waals surface area contributed by atoms with E-state index in [0.717, 1.165) is 20.8 Å². The van der Waals surface area contributed by atoms with E-state index in [1.54, 1.807) is 6.07 Å². The molecule has 1 unspecified atom stereocenters. The lowest BCUT2D eigenvalue weighted by Crippen LogP contribution is -2.42. The van der Waals surface area contributed by atoms with Gasteiger partial charge in [-0.05, 0) is 34.5 Å². The highest BCUT2D eigenvalue weighted by molar-refractivity contribution is 9.10. The van der Waals surface area contributed by atoms with Crippen LogP contribution in [0.15, 0.2) is 59.1 Å². The van der Waals surface area contributed by atoms with Crippen molar-refractivity contribution in [1.29, 1.82) is 0 Å². The quantitative estimate of drug-likeness (QED) is 0.533. The number of carboxylic acids is 1. The van der Waals surface area contributed by atoms with E-state index in [1.807, 2.05) is 36.4 Å². The molecule has 0 fully saturated rings. The molecular formula is C20H14BrCl2NO3. The standard InChI is InChI=1S/C20H14BrCl2NO3/c21-14-9-8-11(12-4-1-2-5-13(12)14)10-17(20(26)27)24-19(25)18-15(22)6-3-7-16(18)23/h1-9,17H,10H2,(H,24,25)(H,26,27). The molecule has 0 bridgehead atoms. The number of halogens is 3. The average molecular weight is 467 g/mol. The summed E-state index contributed by atoms with van der Waals surface area (Å²) in [5.74, 6) is -1.77. The fourth-order valence-electron chi connectivity index (χ4n) is 2.87. The van der Waals surface area contributed by atoms with Crippen LogP contribution in [0.1, 0.15) is 15.9 Å². The number of benzene rings is 3. The van der Waals surface area contributed by atoms with Gasteiger partial charge in [-0.25, -0.2) is 4.79 Å². The molecule has 0 saturated heterocycles. The number of nitrogens with one attached hydrogen (secondary N) is 1. The zero-order chi connectivity index (χ0) is 19.6. The van der Waals surface area contributed by atoms with Gasteiger partial charge in [0.25, 0.3) is 5.91 Å². The summed E-state index contributed by atoms with van der Waals surface area (Å²) in [6, 6.07) is 14.9. The minimum absolute atomic E-state index is 0.0627. The predicted molar refractivity (Wildman–Crippen MR) is 111 cm³/mol. The highest BCUT2D eigenvalue weighted by atomic mass is 79.9. The second-order valence-electron chi connectivity index (χ2n) is 5.92. The van der Waals surface area contributed by atoms with Gasteiger partial charge in [-0.1, -0.05) is 75.5 Å². The van der Waals surface area contributed by atoms with Crippen molar-refractivity contribution in [3.8, 4) is 0 Å². The maximum Gasteiger partial charge on any atom is 0.326 e. The summed E-state index contributed by atoms with van der Waals surface area (Å²) in [7, 11) is 0. The van der Waals surface area contributed by atoms with Gasteiger partial charge in [0.05, 0.1) is 15.6 Å². The smallest absolute Gasteiger partial charge is 0.326 e. The summed E-state index contributed by atoms with van der Waals surface area (Å²) >= 11 is 15.6. The summed E-state index contributed by atoms with van der Waals surface area (Å²) in [5.41, 5.74) is 0.875. The number of aliphatic carboxylic acids is 1. The summed E-state index contributed by atoms with van der Waals surface area (Å²) in [6.07, 6.45) is 0.122. The minimum atomic E-state index is -1.14. The lowest BCUT2D eigenvalue weighted by atomic mass is 9.98. The van der Waals surface area contributed by atoms with Crippen molar-refractivity contribution in [3.63, 3.8) is 0 Å². The molecule has 7 heteroatoms. The first kappa shape index (κ1) is 19.7. The van der Waals surface area contributed by atoms with Gasteiger partial charge < -0.3 is 10.4 Å². The molecule has 0 aromatic heterocycles. The normalized spacial score (nSPS) is 12.0.